The molecule has 9 heteroatoms. The Balaban J connectivity index is 1.35. The van der Waals surface area contributed by atoms with E-state index in [2.05, 4.69) is 21.5 Å². The smallest absolute Gasteiger partial charge is 0.225 e. The maximum Gasteiger partial charge on any atom is 0.225 e. The number of rotatable bonds is 6. The van der Waals surface area contributed by atoms with Gasteiger partial charge in [-0.3, -0.25) is 4.79 Å². The number of carbonyl (C=O) groups is 1. The van der Waals surface area contributed by atoms with Crippen LogP contribution in [0.4, 0.5) is 5.82 Å². The number of nitrogens with zero attached hydrogens (tertiary/aromatic N) is 3. The van der Waals surface area contributed by atoms with E-state index in [1.54, 1.807) is 22.1 Å². The van der Waals surface area contributed by atoms with E-state index in [4.69, 9.17) is 0 Å². The molecule has 1 atom stereocenters. The predicted molar refractivity (Wildman–Crippen MR) is 110 cm³/mol. The molecule has 1 fully saturated rings. The lowest BCUT2D eigenvalue weighted by molar-refractivity contribution is -0.116. The zero-order chi connectivity index (χ0) is 19.7. The Hall–Kier alpha value is -2.26. The van der Waals surface area contributed by atoms with Crippen molar-refractivity contribution in [3.63, 3.8) is 0 Å². The van der Waals surface area contributed by atoms with Gasteiger partial charge in [-0.15, -0.1) is 11.3 Å². The molecule has 3 heterocycles. The minimum Gasteiger partial charge on any atom is -0.311 e. The number of aryl methyl sites for hydroxylation is 2. The molecule has 1 saturated heterocycles. The quantitative estimate of drug-likeness (QED) is 0.664. The molecule has 3 aromatic rings. The highest BCUT2D eigenvalue weighted by Gasteiger charge is 2.31. The zero-order valence-electron chi connectivity index (χ0n) is 15.6. The van der Waals surface area contributed by atoms with Crippen LogP contribution >= 0.6 is 11.3 Å². The summed E-state index contributed by atoms with van der Waals surface area (Å²) in [6.07, 6.45) is 2.37. The number of hydrogen-bond donors (Lipinski definition) is 1. The molecule has 1 unspecified atom stereocenters. The Morgan fingerprint density at radius 2 is 2.18 bits per heavy atom. The minimum absolute atomic E-state index is 0.0780. The van der Waals surface area contributed by atoms with Crippen molar-refractivity contribution in [3.05, 3.63) is 41.0 Å². The number of anilines is 1. The molecule has 1 amide bonds. The molecule has 0 radical (unpaired) electrons. The van der Waals surface area contributed by atoms with Crippen LogP contribution in [-0.2, 0) is 21.1 Å². The van der Waals surface area contributed by atoms with Gasteiger partial charge in [0.1, 0.15) is 5.82 Å². The van der Waals surface area contributed by atoms with Crippen LogP contribution in [0.3, 0.4) is 0 Å². The number of fused-ring (bicyclic) bond motifs is 1. The number of thiazole rings is 1. The van der Waals surface area contributed by atoms with Crippen LogP contribution in [0.25, 0.3) is 10.2 Å². The number of aromatic nitrogens is 3. The van der Waals surface area contributed by atoms with Crippen molar-refractivity contribution in [3.8, 4) is 0 Å². The summed E-state index contributed by atoms with van der Waals surface area (Å²) >= 11 is 1.66. The first-order valence-electron chi connectivity index (χ1n) is 9.30. The molecular weight excluding hydrogens is 396 g/mol. The second-order valence-corrected chi connectivity index (χ2v) is 10.5. The number of sulfone groups is 1. The Kier molecular flexibility index (Phi) is 5.20. The standard InChI is InChI=1S/C19H22N4O3S2/c1-13-11-17(23(22-13)14-9-10-28(25,26)12-14)21-18(24)7-4-8-19-20-15-5-2-3-6-16(15)27-19/h2-3,5-6,11,14H,4,7-10,12H2,1H3,(H,21,24). The predicted octanol–water partition coefficient (Wildman–Crippen LogP) is 3.12. The highest BCUT2D eigenvalue weighted by Crippen LogP contribution is 2.27. The van der Waals surface area contributed by atoms with Crippen LogP contribution in [0.1, 0.15) is 36.0 Å². The van der Waals surface area contributed by atoms with Gasteiger partial charge in [0, 0.05) is 12.5 Å². The van der Waals surface area contributed by atoms with Crippen molar-refractivity contribution < 1.29 is 13.2 Å². The number of benzene rings is 1. The normalized spacial score (nSPS) is 18.5. The van der Waals surface area contributed by atoms with Crippen molar-refractivity contribution in [2.45, 2.75) is 38.6 Å². The van der Waals surface area contributed by atoms with Crippen LogP contribution in [0.15, 0.2) is 30.3 Å². The molecule has 2 aromatic heterocycles. The fraction of sp³-hybridized carbons (Fsp3) is 0.421. The molecule has 1 aliphatic rings. The first-order valence-corrected chi connectivity index (χ1v) is 11.9. The molecule has 0 aliphatic carbocycles. The molecule has 7 nitrogen and oxygen atoms in total. The third-order valence-corrected chi connectivity index (χ3v) is 7.66. The summed E-state index contributed by atoms with van der Waals surface area (Å²) in [6, 6.07) is 9.59. The van der Waals surface area contributed by atoms with Gasteiger partial charge < -0.3 is 5.32 Å². The highest BCUT2D eigenvalue weighted by molar-refractivity contribution is 7.91. The van der Waals surface area contributed by atoms with E-state index >= 15 is 0 Å². The second kappa shape index (κ2) is 7.63. The van der Waals surface area contributed by atoms with Crippen LogP contribution < -0.4 is 5.32 Å². The number of amides is 1. The Bertz CT molecular complexity index is 1080. The van der Waals surface area contributed by atoms with Gasteiger partial charge >= 0.3 is 0 Å². The first-order chi connectivity index (χ1) is 13.4. The molecular formula is C19H22N4O3S2. The molecule has 4 rings (SSSR count). The van der Waals surface area contributed by atoms with Gasteiger partial charge in [-0.25, -0.2) is 18.1 Å². The van der Waals surface area contributed by atoms with Gasteiger partial charge in [0.2, 0.25) is 5.91 Å². The van der Waals surface area contributed by atoms with Gasteiger partial charge in [-0.2, -0.15) is 5.10 Å². The molecule has 28 heavy (non-hydrogen) atoms. The Morgan fingerprint density at radius 1 is 1.36 bits per heavy atom. The van der Waals surface area contributed by atoms with Gasteiger partial charge in [0.05, 0.1) is 38.5 Å². The topological polar surface area (TPSA) is 94.0 Å². The SMILES string of the molecule is Cc1cc(NC(=O)CCCc2nc3ccccc3s2)n(C2CCS(=O)(=O)C2)n1. The largest absolute Gasteiger partial charge is 0.311 e. The number of para-hydroxylation sites is 1. The highest BCUT2D eigenvalue weighted by atomic mass is 32.2. The van der Waals surface area contributed by atoms with E-state index < -0.39 is 9.84 Å². The van der Waals surface area contributed by atoms with E-state index in [0.29, 0.717) is 25.1 Å². The lowest BCUT2D eigenvalue weighted by atomic mass is 10.2. The maximum absolute atomic E-state index is 12.4. The van der Waals surface area contributed by atoms with Gasteiger partial charge in [0.15, 0.2) is 9.84 Å². The summed E-state index contributed by atoms with van der Waals surface area (Å²) < 4.78 is 26.3. The van der Waals surface area contributed by atoms with Crippen LogP contribution in [0, 0.1) is 6.92 Å². The van der Waals surface area contributed by atoms with Gasteiger partial charge in [0.25, 0.3) is 0 Å². The maximum atomic E-state index is 12.4. The third kappa shape index (κ3) is 4.25. The Labute approximate surface area is 167 Å². The van der Waals surface area contributed by atoms with E-state index in [1.807, 2.05) is 25.1 Å². The number of hydrogen-bond acceptors (Lipinski definition) is 6. The van der Waals surface area contributed by atoms with E-state index in [-0.39, 0.29) is 23.5 Å². The minimum atomic E-state index is -3.01. The fourth-order valence-electron chi connectivity index (χ4n) is 3.49. The van der Waals surface area contributed by atoms with Crippen molar-refractivity contribution in [1.29, 1.82) is 0 Å². The van der Waals surface area contributed by atoms with E-state index in [0.717, 1.165) is 27.3 Å². The average Bonchev–Trinajstić information content (AvgIpc) is 3.31. The summed E-state index contributed by atoms with van der Waals surface area (Å²) in [7, 11) is -3.01. The van der Waals surface area contributed by atoms with Crippen molar-refractivity contribution in [2.24, 2.45) is 0 Å². The van der Waals surface area contributed by atoms with E-state index in [9.17, 15) is 13.2 Å². The average molecular weight is 419 g/mol. The van der Waals surface area contributed by atoms with Crippen LogP contribution in [-0.4, -0.2) is 40.6 Å². The van der Waals surface area contributed by atoms with Crippen molar-refractivity contribution >= 4 is 43.1 Å². The Morgan fingerprint density at radius 3 is 2.93 bits per heavy atom. The summed E-state index contributed by atoms with van der Waals surface area (Å²) in [5.41, 5.74) is 1.76. The zero-order valence-corrected chi connectivity index (χ0v) is 17.2. The molecule has 0 spiro atoms. The lowest BCUT2D eigenvalue weighted by Gasteiger charge is -2.13. The molecule has 1 aliphatic heterocycles. The monoisotopic (exact) mass is 418 g/mol. The van der Waals surface area contributed by atoms with E-state index in [1.165, 1.54) is 0 Å². The third-order valence-electron chi connectivity index (χ3n) is 4.81. The van der Waals surface area contributed by atoms with Crippen LogP contribution in [0.5, 0.6) is 0 Å². The number of nitrogens with one attached hydrogen (secondary N) is 1. The summed E-state index contributed by atoms with van der Waals surface area (Å²) in [5, 5.41) is 8.32. The van der Waals surface area contributed by atoms with Crippen molar-refractivity contribution in [1.82, 2.24) is 14.8 Å². The molecule has 148 valence electrons. The van der Waals surface area contributed by atoms with Gasteiger partial charge in [-0.05, 0) is 38.3 Å². The first kappa shape index (κ1) is 19.1. The molecule has 0 saturated carbocycles. The second-order valence-electron chi connectivity index (χ2n) is 7.15. The number of carbonyl (C=O) groups excluding carboxylic acids is 1. The molecule has 0 bridgehead atoms. The fourth-order valence-corrected chi connectivity index (χ4v) is 6.19. The van der Waals surface area contributed by atoms with Crippen LogP contribution in [0.2, 0.25) is 0 Å². The van der Waals surface area contributed by atoms with Gasteiger partial charge in [-0.1, -0.05) is 12.1 Å². The molecule has 1 aromatic carbocycles. The molecule has 1 N–H and O–H groups in total. The lowest BCUT2D eigenvalue weighted by Crippen LogP contribution is -2.19. The summed E-state index contributed by atoms with van der Waals surface area (Å²) in [4.78, 5) is 17.0. The summed E-state index contributed by atoms with van der Waals surface area (Å²) in [5.74, 6) is 0.730. The summed E-state index contributed by atoms with van der Waals surface area (Å²) in [6.45, 7) is 1.84. The van der Waals surface area contributed by atoms with Crippen molar-refractivity contribution in [2.75, 3.05) is 16.8 Å².